The van der Waals surface area contributed by atoms with Crippen molar-refractivity contribution in [3.63, 3.8) is 0 Å². The van der Waals surface area contributed by atoms with Crippen molar-refractivity contribution in [3.8, 4) is 16.9 Å². The summed E-state index contributed by atoms with van der Waals surface area (Å²) in [6.45, 7) is 1.80. The van der Waals surface area contributed by atoms with Crippen molar-refractivity contribution in [2.45, 2.75) is 6.92 Å². The van der Waals surface area contributed by atoms with E-state index >= 15 is 0 Å². The molecule has 0 spiro atoms. The summed E-state index contributed by atoms with van der Waals surface area (Å²) in [5.41, 5.74) is 1.86. The number of H-pyrrole nitrogens is 1. The lowest BCUT2D eigenvalue weighted by Gasteiger charge is -2.05. The molecule has 2 N–H and O–H groups in total. The van der Waals surface area contributed by atoms with Crippen molar-refractivity contribution < 1.29 is 5.11 Å². The molecule has 1 aromatic carbocycles. The number of benzene rings is 1. The number of nitrogens with one attached hydrogen (secondary N) is 1. The maximum Gasteiger partial charge on any atom is 0.261 e. The molecule has 0 fully saturated rings. The molecule has 0 atom stereocenters. The van der Waals surface area contributed by atoms with Crippen molar-refractivity contribution in [2.75, 3.05) is 0 Å². The van der Waals surface area contributed by atoms with Gasteiger partial charge < -0.3 is 10.1 Å². The first-order valence-electron chi connectivity index (χ1n) is 5.93. The van der Waals surface area contributed by atoms with Crippen molar-refractivity contribution in [3.05, 3.63) is 46.4 Å². The molecule has 0 aliphatic rings. The van der Waals surface area contributed by atoms with E-state index in [0.717, 1.165) is 0 Å². The molecule has 0 saturated heterocycles. The third-order valence-corrected chi connectivity index (χ3v) is 3.22. The average Bonchev–Trinajstić information content (AvgIpc) is 2.66. The minimum atomic E-state index is -0.320. The summed E-state index contributed by atoms with van der Waals surface area (Å²) in [4.78, 5) is 14.9. The van der Waals surface area contributed by atoms with Crippen LogP contribution in [0.25, 0.3) is 22.2 Å². The van der Waals surface area contributed by atoms with E-state index in [-0.39, 0.29) is 16.9 Å². The molecule has 5 nitrogen and oxygen atoms in total. The van der Waals surface area contributed by atoms with Crippen LogP contribution in [-0.4, -0.2) is 19.9 Å². The minimum Gasteiger partial charge on any atom is -0.506 e. The summed E-state index contributed by atoms with van der Waals surface area (Å²) < 4.78 is 1.56. The monoisotopic (exact) mass is 255 g/mol. The fraction of sp³-hybridized carbons (Fsp3) is 0.143. The Labute approximate surface area is 109 Å². The van der Waals surface area contributed by atoms with Gasteiger partial charge in [0.05, 0.1) is 16.6 Å². The normalized spacial score (nSPS) is 11.1. The molecule has 0 bridgehead atoms. The molecule has 2 heterocycles. The van der Waals surface area contributed by atoms with Crippen LogP contribution in [0, 0.1) is 6.92 Å². The lowest BCUT2D eigenvalue weighted by Crippen LogP contribution is -2.10. The van der Waals surface area contributed by atoms with Gasteiger partial charge in [0.2, 0.25) is 0 Å². The topological polar surface area (TPSA) is 70.9 Å². The molecule has 5 heteroatoms. The molecule has 3 aromatic rings. The van der Waals surface area contributed by atoms with Crippen LogP contribution in [0.2, 0.25) is 0 Å². The first-order chi connectivity index (χ1) is 9.09. The Bertz CT molecular complexity index is 816. The third-order valence-electron chi connectivity index (χ3n) is 3.22. The number of aromatic nitrogens is 3. The Hall–Kier alpha value is -2.56. The first-order valence-corrected chi connectivity index (χ1v) is 5.93. The highest BCUT2D eigenvalue weighted by atomic mass is 16.3. The van der Waals surface area contributed by atoms with E-state index in [1.165, 1.54) is 0 Å². The summed E-state index contributed by atoms with van der Waals surface area (Å²) in [6, 6.07) is 9.11. The van der Waals surface area contributed by atoms with Crippen LogP contribution in [0.1, 0.15) is 5.69 Å². The van der Waals surface area contributed by atoms with Gasteiger partial charge >= 0.3 is 0 Å². The molecule has 0 amide bonds. The molecule has 19 heavy (non-hydrogen) atoms. The van der Waals surface area contributed by atoms with Gasteiger partial charge in [-0.2, -0.15) is 5.10 Å². The van der Waals surface area contributed by atoms with Gasteiger partial charge in [-0.05, 0) is 12.5 Å². The van der Waals surface area contributed by atoms with Crippen LogP contribution in [-0.2, 0) is 7.05 Å². The van der Waals surface area contributed by atoms with E-state index in [4.69, 9.17) is 0 Å². The van der Waals surface area contributed by atoms with Crippen molar-refractivity contribution in [1.29, 1.82) is 0 Å². The van der Waals surface area contributed by atoms with E-state index in [2.05, 4.69) is 10.1 Å². The van der Waals surface area contributed by atoms with Gasteiger partial charge in [-0.25, -0.2) is 0 Å². The Kier molecular flexibility index (Phi) is 2.41. The SMILES string of the molecule is Cc1nn(C)c2[nH]c(=O)c(-c3ccccc3)c(O)c12. The molecule has 96 valence electrons. The summed E-state index contributed by atoms with van der Waals surface area (Å²) in [5, 5.41) is 15.2. The highest BCUT2D eigenvalue weighted by Gasteiger charge is 2.18. The second-order valence-electron chi connectivity index (χ2n) is 4.48. The Balaban J connectivity index is 2.45. The van der Waals surface area contributed by atoms with Gasteiger partial charge in [-0.15, -0.1) is 0 Å². The number of aryl methyl sites for hydroxylation is 2. The number of nitrogens with zero attached hydrogens (tertiary/aromatic N) is 2. The number of rotatable bonds is 1. The predicted molar refractivity (Wildman–Crippen MR) is 73.2 cm³/mol. The molecule has 3 rings (SSSR count). The maximum atomic E-state index is 12.2. The van der Waals surface area contributed by atoms with Crippen LogP contribution in [0.4, 0.5) is 0 Å². The highest BCUT2D eigenvalue weighted by Crippen LogP contribution is 2.33. The van der Waals surface area contributed by atoms with Crippen molar-refractivity contribution in [1.82, 2.24) is 14.8 Å². The average molecular weight is 255 g/mol. The van der Waals surface area contributed by atoms with Gasteiger partial charge in [0.15, 0.2) is 0 Å². The van der Waals surface area contributed by atoms with E-state index in [1.54, 1.807) is 30.8 Å². The van der Waals surface area contributed by atoms with E-state index in [1.807, 2.05) is 18.2 Å². The Morgan fingerprint density at radius 3 is 2.63 bits per heavy atom. The number of hydrogen-bond acceptors (Lipinski definition) is 3. The fourth-order valence-corrected chi connectivity index (χ4v) is 2.36. The quantitative estimate of drug-likeness (QED) is 0.698. The predicted octanol–water partition coefficient (Wildman–Crippen LogP) is 1.94. The van der Waals surface area contributed by atoms with Crippen LogP contribution in [0.3, 0.4) is 0 Å². The highest BCUT2D eigenvalue weighted by molar-refractivity contribution is 5.91. The first kappa shape index (κ1) is 11.5. The van der Waals surface area contributed by atoms with Crippen molar-refractivity contribution in [2.24, 2.45) is 7.05 Å². The van der Waals surface area contributed by atoms with Gasteiger partial charge in [0.1, 0.15) is 11.4 Å². The molecular weight excluding hydrogens is 242 g/mol. The van der Waals surface area contributed by atoms with Gasteiger partial charge in [0.25, 0.3) is 5.56 Å². The zero-order valence-electron chi connectivity index (χ0n) is 10.6. The smallest absolute Gasteiger partial charge is 0.261 e. The summed E-state index contributed by atoms with van der Waals surface area (Å²) in [5.74, 6) is -0.0180. The van der Waals surface area contributed by atoms with Crippen LogP contribution >= 0.6 is 0 Å². The number of aromatic hydroxyl groups is 1. The van der Waals surface area contributed by atoms with Gasteiger partial charge in [-0.3, -0.25) is 9.48 Å². The molecule has 2 aromatic heterocycles. The molecule has 0 unspecified atom stereocenters. The van der Waals surface area contributed by atoms with Crippen LogP contribution in [0.15, 0.2) is 35.1 Å². The Morgan fingerprint density at radius 1 is 1.26 bits per heavy atom. The lowest BCUT2D eigenvalue weighted by molar-refractivity contribution is 0.482. The number of hydrogen-bond donors (Lipinski definition) is 2. The molecular formula is C14H13N3O2. The molecule has 0 aliphatic heterocycles. The van der Waals surface area contributed by atoms with E-state index in [0.29, 0.717) is 22.3 Å². The van der Waals surface area contributed by atoms with Crippen LogP contribution in [0.5, 0.6) is 5.75 Å². The fourth-order valence-electron chi connectivity index (χ4n) is 2.36. The maximum absolute atomic E-state index is 12.2. The summed E-state index contributed by atoms with van der Waals surface area (Å²) >= 11 is 0. The zero-order chi connectivity index (χ0) is 13.6. The van der Waals surface area contributed by atoms with Crippen molar-refractivity contribution >= 4 is 11.0 Å². The lowest BCUT2D eigenvalue weighted by atomic mass is 10.0. The number of pyridine rings is 1. The number of aromatic amines is 1. The number of fused-ring (bicyclic) bond motifs is 1. The standard InChI is InChI=1S/C14H13N3O2/c1-8-10-12(18)11(9-6-4-3-5-7-9)14(19)15-13(10)17(2)16-8/h3-7H,1-2H3,(H2,15,18,19). The van der Waals surface area contributed by atoms with E-state index in [9.17, 15) is 9.90 Å². The summed E-state index contributed by atoms with van der Waals surface area (Å²) in [7, 11) is 1.73. The largest absolute Gasteiger partial charge is 0.506 e. The Morgan fingerprint density at radius 2 is 1.95 bits per heavy atom. The van der Waals surface area contributed by atoms with Gasteiger partial charge in [0, 0.05) is 7.05 Å². The second-order valence-corrected chi connectivity index (χ2v) is 4.48. The summed E-state index contributed by atoms with van der Waals surface area (Å²) in [6.07, 6.45) is 0. The third kappa shape index (κ3) is 1.62. The molecule has 0 radical (unpaired) electrons. The van der Waals surface area contributed by atoms with Crippen LogP contribution < -0.4 is 5.56 Å². The van der Waals surface area contributed by atoms with Gasteiger partial charge in [-0.1, -0.05) is 30.3 Å². The van der Waals surface area contributed by atoms with E-state index < -0.39 is 0 Å². The molecule has 0 saturated carbocycles. The second kappa shape index (κ2) is 3.98. The molecule has 0 aliphatic carbocycles. The zero-order valence-corrected chi connectivity index (χ0v) is 10.6. The minimum absolute atomic E-state index is 0.0180.